The number of aromatic amines is 1. The molecule has 0 radical (unpaired) electrons. The summed E-state index contributed by atoms with van der Waals surface area (Å²) in [5.74, 6) is -0.244. The highest BCUT2D eigenvalue weighted by molar-refractivity contribution is 7.90. The number of carbonyl (C=O) groups is 1. The largest absolute Gasteiger partial charge is 0.361 e. The lowest BCUT2D eigenvalue weighted by Gasteiger charge is -2.07. The maximum atomic E-state index is 13.3. The van der Waals surface area contributed by atoms with E-state index in [-0.39, 0.29) is 23.1 Å². The highest BCUT2D eigenvalue weighted by Crippen LogP contribution is 2.28. The van der Waals surface area contributed by atoms with E-state index in [1.165, 1.54) is 0 Å². The molecule has 2 aromatic heterocycles. The SMILES string of the molecule is Cc1ccc(CS(=O)(=O)c2cn(CC(=O)NCCc3c[nH]c4ccccc34)c3ccccc23)cc1. The molecular weight excluding hydrogens is 458 g/mol. The van der Waals surface area contributed by atoms with Gasteiger partial charge in [0.15, 0.2) is 9.84 Å². The Morgan fingerprint density at radius 1 is 0.943 bits per heavy atom. The van der Waals surface area contributed by atoms with Crippen molar-refractivity contribution >= 4 is 37.6 Å². The van der Waals surface area contributed by atoms with Gasteiger partial charge in [0, 0.05) is 40.7 Å². The van der Waals surface area contributed by atoms with Crippen molar-refractivity contribution in [1.82, 2.24) is 14.9 Å². The molecule has 5 rings (SSSR count). The lowest BCUT2D eigenvalue weighted by Crippen LogP contribution is -2.29. The summed E-state index contributed by atoms with van der Waals surface area (Å²) in [5, 5.41) is 4.75. The van der Waals surface area contributed by atoms with Crippen molar-refractivity contribution in [3.05, 3.63) is 102 Å². The number of fused-ring (bicyclic) bond motifs is 2. The number of amides is 1. The number of benzene rings is 3. The van der Waals surface area contributed by atoms with Gasteiger partial charge in [-0.05, 0) is 36.6 Å². The van der Waals surface area contributed by atoms with Gasteiger partial charge >= 0.3 is 0 Å². The summed E-state index contributed by atoms with van der Waals surface area (Å²) in [7, 11) is -3.59. The van der Waals surface area contributed by atoms with Gasteiger partial charge in [-0.25, -0.2) is 8.42 Å². The number of nitrogens with one attached hydrogen (secondary N) is 2. The molecule has 0 saturated heterocycles. The fourth-order valence-corrected chi connectivity index (χ4v) is 6.04. The predicted molar refractivity (Wildman–Crippen MR) is 139 cm³/mol. The van der Waals surface area contributed by atoms with Crippen molar-refractivity contribution in [3.63, 3.8) is 0 Å². The first-order valence-electron chi connectivity index (χ1n) is 11.6. The van der Waals surface area contributed by atoms with Crippen LogP contribution in [0.15, 0.2) is 90.1 Å². The Hall–Kier alpha value is -3.84. The molecular formula is C28H27N3O3S. The monoisotopic (exact) mass is 485 g/mol. The normalized spacial score (nSPS) is 11.8. The zero-order chi connectivity index (χ0) is 24.4. The quantitative estimate of drug-likeness (QED) is 0.332. The molecule has 2 heterocycles. The predicted octanol–water partition coefficient (Wildman–Crippen LogP) is 4.76. The second kappa shape index (κ2) is 9.43. The lowest BCUT2D eigenvalue weighted by atomic mass is 10.1. The van der Waals surface area contributed by atoms with Crippen LogP contribution in [0, 0.1) is 6.92 Å². The van der Waals surface area contributed by atoms with Crippen molar-refractivity contribution in [2.45, 2.75) is 30.5 Å². The van der Waals surface area contributed by atoms with E-state index in [9.17, 15) is 13.2 Å². The van der Waals surface area contributed by atoms with E-state index in [0.29, 0.717) is 18.4 Å². The van der Waals surface area contributed by atoms with Crippen LogP contribution in [0.1, 0.15) is 16.7 Å². The number of para-hydroxylation sites is 2. The Morgan fingerprint density at radius 2 is 1.66 bits per heavy atom. The van der Waals surface area contributed by atoms with Crippen molar-refractivity contribution in [2.75, 3.05) is 6.54 Å². The average molecular weight is 486 g/mol. The standard InChI is InChI=1S/C28H27N3O3S/c1-20-10-12-21(13-11-20)19-35(33,34)27-17-31(26-9-5-3-7-24(26)27)18-28(32)29-15-14-22-16-30-25-8-4-2-6-23(22)25/h2-13,16-17,30H,14-15,18-19H2,1H3,(H,29,32). The minimum Gasteiger partial charge on any atom is -0.361 e. The molecule has 6 nitrogen and oxygen atoms in total. The van der Waals surface area contributed by atoms with Crippen molar-refractivity contribution < 1.29 is 13.2 Å². The molecule has 0 fully saturated rings. The molecule has 0 atom stereocenters. The van der Waals surface area contributed by atoms with Crippen molar-refractivity contribution in [1.29, 1.82) is 0 Å². The number of hydrogen-bond donors (Lipinski definition) is 2. The Bertz CT molecular complexity index is 1610. The third-order valence-corrected chi connectivity index (χ3v) is 7.98. The van der Waals surface area contributed by atoms with Crippen molar-refractivity contribution in [3.8, 4) is 0 Å². The Balaban J connectivity index is 1.31. The number of hydrogen-bond acceptors (Lipinski definition) is 3. The number of H-pyrrole nitrogens is 1. The fraction of sp³-hybridized carbons (Fsp3) is 0.179. The second-order valence-electron chi connectivity index (χ2n) is 8.84. The third-order valence-electron chi connectivity index (χ3n) is 6.27. The van der Waals surface area contributed by atoms with Gasteiger partial charge in [0.1, 0.15) is 6.54 Å². The van der Waals surface area contributed by atoms with E-state index in [2.05, 4.69) is 16.4 Å². The van der Waals surface area contributed by atoms with E-state index in [4.69, 9.17) is 0 Å². The third kappa shape index (κ3) is 4.86. The van der Waals surface area contributed by atoms with Crippen LogP contribution in [-0.4, -0.2) is 30.4 Å². The molecule has 0 bridgehead atoms. The molecule has 0 unspecified atom stereocenters. The van der Waals surface area contributed by atoms with Crippen molar-refractivity contribution in [2.24, 2.45) is 0 Å². The summed E-state index contributed by atoms with van der Waals surface area (Å²) < 4.78 is 28.3. The molecule has 35 heavy (non-hydrogen) atoms. The van der Waals surface area contributed by atoms with Gasteiger partial charge in [-0.1, -0.05) is 66.2 Å². The lowest BCUT2D eigenvalue weighted by molar-refractivity contribution is -0.121. The number of carbonyl (C=O) groups excluding carboxylic acids is 1. The van der Waals surface area contributed by atoms with Gasteiger partial charge in [0.2, 0.25) is 5.91 Å². The summed E-state index contributed by atoms with van der Waals surface area (Å²) in [6.07, 6.45) is 4.27. The van der Waals surface area contributed by atoms with Crippen LogP contribution in [0.3, 0.4) is 0 Å². The summed E-state index contributed by atoms with van der Waals surface area (Å²) in [6.45, 7) is 2.52. The van der Waals surface area contributed by atoms with Crippen LogP contribution >= 0.6 is 0 Å². The first-order chi connectivity index (χ1) is 16.9. The topological polar surface area (TPSA) is 84.0 Å². The molecule has 0 aliphatic heterocycles. The zero-order valence-electron chi connectivity index (χ0n) is 19.5. The summed E-state index contributed by atoms with van der Waals surface area (Å²) in [6, 6.07) is 22.9. The first-order valence-corrected chi connectivity index (χ1v) is 13.2. The van der Waals surface area contributed by atoms with Crippen LogP contribution in [0.25, 0.3) is 21.8 Å². The van der Waals surface area contributed by atoms with Gasteiger partial charge in [0.25, 0.3) is 0 Å². The minimum atomic E-state index is -3.59. The Kier molecular flexibility index (Phi) is 6.17. The maximum Gasteiger partial charge on any atom is 0.239 e. The van der Waals surface area contributed by atoms with Crippen LogP contribution in [0.2, 0.25) is 0 Å². The summed E-state index contributed by atoms with van der Waals surface area (Å²) in [4.78, 5) is 16.2. The van der Waals surface area contributed by atoms with Crippen LogP contribution in [0.5, 0.6) is 0 Å². The van der Waals surface area contributed by atoms with E-state index < -0.39 is 9.84 Å². The van der Waals surface area contributed by atoms with Gasteiger partial charge < -0.3 is 14.9 Å². The molecule has 3 aromatic carbocycles. The summed E-state index contributed by atoms with van der Waals surface area (Å²) >= 11 is 0. The number of rotatable bonds is 8. The van der Waals surface area contributed by atoms with E-state index >= 15 is 0 Å². The number of nitrogens with zero attached hydrogens (tertiary/aromatic N) is 1. The number of sulfone groups is 1. The van der Waals surface area contributed by atoms with Crippen LogP contribution < -0.4 is 5.32 Å². The van der Waals surface area contributed by atoms with Gasteiger partial charge in [-0.15, -0.1) is 0 Å². The molecule has 0 spiro atoms. The molecule has 2 N–H and O–H groups in total. The van der Waals surface area contributed by atoms with Crippen LogP contribution in [0.4, 0.5) is 0 Å². The molecule has 178 valence electrons. The molecule has 7 heteroatoms. The molecule has 0 saturated carbocycles. The van der Waals surface area contributed by atoms with E-state index in [1.807, 2.05) is 73.8 Å². The van der Waals surface area contributed by atoms with E-state index in [1.54, 1.807) is 16.8 Å². The minimum absolute atomic E-state index is 0.0500. The molecule has 1 amide bonds. The van der Waals surface area contributed by atoms with Gasteiger partial charge in [-0.2, -0.15) is 0 Å². The number of aromatic nitrogens is 2. The van der Waals surface area contributed by atoms with Gasteiger partial charge in [0.05, 0.1) is 10.6 Å². The second-order valence-corrected chi connectivity index (χ2v) is 10.8. The smallest absolute Gasteiger partial charge is 0.239 e. The Labute approximate surface area is 204 Å². The van der Waals surface area contributed by atoms with Gasteiger partial charge in [-0.3, -0.25) is 4.79 Å². The molecule has 0 aliphatic rings. The van der Waals surface area contributed by atoms with E-state index in [0.717, 1.165) is 33.1 Å². The van der Waals surface area contributed by atoms with Crippen LogP contribution in [-0.2, 0) is 33.4 Å². The maximum absolute atomic E-state index is 13.3. The molecule has 5 aromatic rings. The highest BCUT2D eigenvalue weighted by Gasteiger charge is 2.22. The highest BCUT2D eigenvalue weighted by atomic mass is 32.2. The Morgan fingerprint density at radius 3 is 2.46 bits per heavy atom. The molecule has 0 aliphatic carbocycles. The number of aryl methyl sites for hydroxylation is 1. The zero-order valence-corrected chi connectivity index (χ0v) is 20.3. The summed E-state index contributed by atoms with van der Waals surface area (Å²) in [5.41, 5.74) is 4.77. The fourth-order valence-electron chi connectivity index (χ4n) is 4.46. The first kappa shape index (κ1) is 22.9. The average Bonchev–Trinajstić information content (AvgIpc) is 3.43.